The van der Waals surface area contributed by atoms with E-state index in [9.17, 15) is 0 Å². The van der Waals surface area contributed by atoms with E-state index in [2.05, 4.69) is 49.7 Å². The van der Waals surface area contributed by atoms with Gasteiger partial charge in [-0.2, -0.15) is 11.8 Å². The largest absolute Gasteiger partial charge is 0.309 e. The van der Waals surface area contributed by atoms with Gasteiger partial charge in [-0.05, 0) is 30.2 Å². The quantitative estimate of drug-likeness (QED) is 0.779. The number of hydrogen-bond acceptors (Lipinski definition) is 2. The highest BCUT2D eigenvalue weighted by Crippen LogP contribution is 2.10. The molecule has 0 saturated heterocycles. The second-order valence-electron chi connectivity index (χ2n) is 4.06. The van der Waals surface area contributed by atoms with Crippen LogP contribution >= 0.6 is 11.8 Å². The summed E-state index contributed by atoms with van der Waals surface area (Å²) < 4.78 is 0. The molecule has 2 heteroatoms. The molecule has 1 rings (SSSR count). The van der Waals surface area contributed by atoms with Gasteiger partial charge < -0.3 is 5.32 Å². The Kier molecular flexibility index (Phi) is 6.58. The topological polar surface area (TPSA) is 12.0 Å². The third kappa shape index (κ3) is 4.18. The number of benzene rings is 1. The van der Waals surface area contributed by atoms with Gasteiger partial charge in [-0.1, -0.05) is 38.1 Å². The van der Waals surface area contributed by atoms with Crippen LogP contribution in [-0.4, -0.2) is 18.1 Å². The molecule has 0 amide bonds. The monoisotopic (exact) mass is 237 g/mol. The first-order chi connectivity index (χ1) is 7.81. The van der Waals surface area contributed by atoms with Crippen molar-refractivity contribution in [3.8, 4) is 0 Å². The fourth-order valence-electron chi connectivity index (χ4n) is 1.85. The predicted molar refractivity (Wildman–Crippen MR) is 75.1 cm³/mol. The van der Waals surface area contributed by atoms with Gasteiger partial charge in [0.25, 0.3) is 0 Å². The van der Waals surface area contributed by atoms with Gasteiger partial charge in [0.05, 0.1) is 0 Å². The van der Waals surface area contributed by atoms with Crippen molar-refractivity contribution in [2.45, 2.75) is 39.3 Å². The molecule has 0 radical (unpaired) electrons. The van der Waals surface area contributed by atoms with Gasteiger partial charge >= 0.3 is 0 Å². The summed E-state index contributed by atoms with van der Waals surface area (Å²) >= 11 is 1.92. The molecule has 0 saturated carbocycles. The van der Waals surface area contributed by atoms with Gasteiger partial charge in [0.15, 0.2) is 0 Å². The number of thioether (sulfide) groups is 1. The van der Waals surface area contributed by atoms with Crippen LogP contribution in [0.15, 0.2) is 24.3 Å². The van der Waals surface area contributed by atoms with Crippen LogP contribution in [0, 0.1) is 0 Å². The third-order valence-electron chi connectivity index (χ3n) is 2.94. The molecule has 0 aliphatic heterocycles. The Bertz CT molecular complexity index is 299. The Morgan fingerprint density at radius 2 is 1.88 bits per heavy atom. The minimum atomic E-state index is 0.639. The van der Waals surface area contributed by atoms with E-state index in [-0.39, 0.29) is 0 Å². The summed E-state index contributed by atoms with van der Waals surface area (Å²) in [5, 5.41) is 3.64. The van der Waals surface area contributed by atoms with Crippen LogP contribution in [0.3, 0.4) is 0 Å². The fourth-order valence-corrected chi connectivity index (χ4v) is 2.61. The zero-order valence-electron chi connectivity index (χ0n) is 10.6. The number of hydrogen-bond donors (Lipinski definition) is 1. The maximum atomic E-state index is 3.64. The average Bonchev–Trinajstić information content (AvgIpc) is 2.34. The Hall–Kier alpha value is -0.470. The molecule has 0 bridgehead atoms. The van der Waals surface area contributed by atoms with Crippen molar-refractivity contribution in [2.75, 3.05) is 12.0 Å². The molecular formula is C14H23NS. The Morgan fingerprint density at radius 3 is 2.44 bits per heavy atom. The van der Waals surface area contributed by atoms with Crippen molar-refractivity contribution in [1.82, 2.24) is 5.32 Å². The molecule has 0 spiro atoms. The summed E-state index contributed by atoms with van der Waals surface area (Å²) in [6.07, 6.45) is 4.50. The molecule has 0 aliphatic carbocycles. The van der Waals surface area contributed by atoms with Gasteiger partial charge in [-0.3, -0.25) is 0 Å². The van der Waals surface area contributed by atoms with E-state index >= 15 is 0 Å². The second kappa shape index (κ2) is 7.75. The van der Waals surface area contributed by atoms with Crippen LogP contribution in [0.1, 0.15) is 31.4 Å². The highest BCUT2D eigenvalue weighted by molar-refractivity contribution is 7.98. The van der Waals surface area contributed by atoms with Crippen LogP contribution in [0.4, 0.5) is 0 Å². The highest BCUT2D eigenvalue weighted by atomic mass is 32.2. The van der Waals surface area contributed by atoms with Crippen LogP contribution in [0.2, 0.25) is 0 Å². The van der Waals surface area contributed by atoms with E-state index < -0.39 is 0 Å². The summed E-state index contributed by atoms with van der Waals surface area (Å²) in [5.41, 5.74) is 2.92. The van der Waals surface area contributed by atoms with E-state index in [4.69, 9.17) is 0 Å². The Labute approximate surface area is 104 Å². The Morgan fingerprint density at radius 1 is 1.19 bits per heavy atom. The van der Waals surface area contributed by atoms with Gasteiger partial charge in [0.2, 0.25) is 0 Å². The molecule has 0 aliphatic rings. The fraction of sp³-hybridized carbons (Fsp3) is 0.571. The minimum Gasteiger partial charge on any atom is -0.309 e. The van der Waals surface area contributed by atoms with Crippen molar-refractivity contribution in [2.24, 2.45) is 0 Å². The summed E-state index contributed by atoms with van der Waals surface area (Å²) in [6.45, 7) is 5.47. The summed E-state index contributed by atoms with van der Waals surface area (Å²) in [5.74, 6) is 1.20. The molecule has 1 aromatic carbocycles. The van der Waals surface area contributed by atoms with E-state index in [1.807, 2.05) is 11.8 Å². The SMILES string of the molecule is CCc1ccccc1CNC(CC)CSC. The molecule has 1 nitrogen and oxygen atoms in total. The molecule has 90 valence electrons. The second-order valence-corrected chi connectivity index (χ2v) is 4.97. The average molecular weight is 237 g/mol. The number of rotatable bonds is 7. The first kappa shape index (κ1) is 13.6. The van der Waals surface area contributed by atoms with Crippen LogP contribution in [0.25, 0.3) is 0 Å². The summed E-state index contributed by atoms with van der Waals surface area (Å²) in [4.78, 5) is 0. The van der Waals surface area contributed by atoms with Crippen LogP contribution < -0.4 is 5.32 Å². The summed E-state index contributed by atoms with van der Waals surface area (Å²) in [6, 6.07) is 9.36. The van der Waals surface area contributed by atoms with Crippen molar-refractivity contribution in [1.29, 1.82) is 0 Å². The molecular weight excluding hydrogens is 214 g/mol. The number of aryl methyl sites for hydroxylation is 1. The normalized spacial score (nSPS) is 12.7. The van der Waals surface area contributed by atoms with Crippen molar-refractivity contribution in [3.05, 3.63) is 35.4 Å². The van der Waals surface area contributed by atoms with E-state index in [1.54, 1.807) is 0 Å². The first-order valence-electron chi connectivity index (χ1n) is 6.10. The Balaban J connectivity index is 2.52. The molecule has 0 fully saturated rings. The van der Waals surface area contributed by atoms with Crippen LogP contribution in [0.5, 0.6) is 0 Å². The predicted octanol–water partition coefficient (Wildman–Crippen LogP) is 3.48. The molecule has 1 unspecified atom stereocenters. The van der Waals surface area contributed by atoms with E-state index in [0.717, 1.165) is 13.0 Å². The lowest BCUT2D eigenvalue weighted by Gasteiger charge is -2.17. The zero-order valence-corrected chi connectivity index (χ0v) is 11.4. The van der Waals surface area contributed by atoms with Crippen LogP contribution in [-0.2, 0) is 13.0 Å². The lowest BCUT2D eigenvalue weighted by Crippen LogP contribution is -2.30. The molecule has 1 aromatic rings. The van der Waals surface area contributed by atoms with E-state index in [1.165, 1.54) is 23.3 Å². The van der Waals surface area contributed by atoms with Gasteiger partial charge in [0.1, 0.15) is 0 Å². The van der Waals surface area contributed by atoms with Gasteiger partial charge in [0, 0.05) is 18.3 Å². The van der Waals surface area contributed by atoms with Crippen molar-refractivity contribution < 1.29 is 0 Å². The molecule has 16 heavy (non-hydrogen) atoms. The highest BCUT2D eigenvalue weighted by Gasteiger charge is 2.05. The standard InChI is InChI=1S/C14H23NS/c1-4-12-8-6-7-9-13(12)10-15-14(5-2)11-16-3/h6-9,14-15H,4-5,10-11H2,1-3H3. The smallest absolute Gasteiger partial charge is 0.0211 e. The first-order valence-corrected chi connectivity index (χ1v) is 7.50. The van der Waals surface area contributed by atoms with Gasteiger partial charge in [-0.25, -0.2) is 0 Å². The lowest BCUT2D eigenvalue weighted by atomic mass is 10.1. The van der Waals surface area contributed by atoms with Gasteiger partial charge in [-0.15, -0.1) is 0 Å². The van der Waals surface area contributed by atoms with Crippen molar-refractivity contribution >= 4 is 11.8 Å². The maximum absolute atomic E-state index is 3.64. The zero-order chi connectivity index (χ0) is 11.8. The third-order valence-corrected chi connectivity index (χ3v) is 3.68. The van der Waals surface area contributed by atoms with E-state index in [0.29, 0.717) is 6.04 Å². The molecule has 1 N–H and O–H groups in total. The molecule has 0 aromatic heterocycles. The maximum Gasteiger partial charge on any atom is 0.0211 e. The number of nitrogens with one attached hydrogen (secondary N) is 1. The summed E-state index contributed by atoms with van der Waals surface area (Å²) in [7, 11) is 0. The molecule has 0 heterocycles. The van der Waals surface area contributed by atoms with Crippen molar-refractivity contribution in [3.63, 3.8) is 0 Å². The minimum absolute atomic E-state index is 0.639. The lowest BCUT2D eigenvalue weighted by molar-refractivity contribution is 0.540. The molecule has 1 atom stereocenters.